The van der Waals surface area contributed by atoms with E-state index in [1.165, 1.54) is 7.05 Å². The zero-order chi connectivity index (χ0) is 10.8. The van der Waals surface area contributed by atoms with Crippen LogP contribution < -0.4 is 20.7 Å². The van der Waals surface area contributed by atoms with Crippen molar-refractivity contribution in [2.45, 2.75) is 6.61 Å². The van der Waals surface area contributed by atoms with Gasteiger partial charge in [-0.2, -0.15) is 0 Å². The smallest absolute Gasteiger partial charge is 0.454 e. The Morgan fingerprint density at radius 3 is 2.93 bits per heavy atom. The molecule has 0 aromatic heterocycles. The second-order valence-electron chi connectivity index (χ2n) is 3.03. The predicted molar refractivity (Wildman–Crippen MR) is 55.1 cm³/mol. The molecule has 80 valence electrons. The Hall–Kier alpha value is -1.24. The summed E-state index contributed by atoms with van der Waals surface area (Å²) in [6, 6.07) is 3.60. The highest BCUT2D eigenvalue weighted by molar-refractivity contribution is 6.61. The van der Waals surface area contributed by atoms with Crippen molar-refractivity contribution in [3.05, 3.63) is 17.7 Å². The van der Waals surface area contributed by atoms with Crippen molar-refractivity contribution in [2.75, 3.05) is 13.8 Å². The Labute approximate surface area is 87.9 Å². The maximum Gasteiger partial charge on any atom is 0.491 e. The minimum atomic E-state index is -0.815. The van der Waals surface area contributed by atoms with Crippen LogP contribution in [-0.2, 0) is 11.3 Å². The molecule has 0 aliphatic carbocycles. The van der Waals surface area contributed by atoms with Gasteiger partial charge in [-0.15, -0.1) is 0 Å². The fourth-order valence-corrected chi connectivity index (χ4v) is 1.68. The zero-order valence-electron chi connectivity index (χ0n) is 8.40. The summed E-state index contributed by atoms with van der Waals surface area (Å²) in [6.45, 7) is 0.644. The van der Waals surface area contributed by atoms with Crippen molar-refractivity contribution in [1.29, 1.82) is 0 Å². The van der Waals surface area contributed by atoms with Gasteiger partial charge in [0.1, 0.15) is 0 Å². The Morgan fingerprint density at radius 1 is 1.33 bits per heavy atom. The van der Waals surface area contributed by atoms with Crippen LogP contribution in [0.15, 0.2) is 12.1 Å². The summed E-state index contributed by atoms with van der Waals surface area (Å²) in [4.78, 5) is 0. The molecule has 1 aromatic carbocycles. The van der Waals surface area contributed by atoms with Crippen molar-refractivity contribution < 1.29 is 19.2 Å². The lowest BCUT2D eigenvalue weighted by Gasteiger charge is -2.01. The summed E-state index contributed by atoms with van der Waals surface area (Å²) in [6.07, 6.45) is 0. The van der Waals surface area contributed by atoms with Crippen molar-refractivity contribution in [3.63, 3.8) is 0 Å². The Balaban J connectivity index is 0.000000404. The van der Waals surface area contributed by atoms with Crippen LogP contribution in [0.3, 0.4) is 0 Å². The predicted octanol–water partition coefficient (Wildman–Crippen LogP) is -0.792. The maximum atomic E-state index is 9.39. The summed E-state index contributed by atoms with van der Waals surface area (Å²) in [5, 5.41) is 9.39. The molecule has 3 rings (SSSR count). The molecule has 6 heteroatoms. The lowest BCUT2D eigenvalue weighted by atomic mass is 9.79. The molecule has 0 saturated heterocycles. The number of hydrogen-bond donors (Lipinski definition) is 2. The molecule has 0 radical (unpaired) electrons. The fraction of sp³-hybridized carbons (Fsp3) is 0.333. The second kappa shape index (κ2) is 4.10. The van der Waals surface area contributed by atoms with E-state index in [2.05, 4.69) is 5.73 Å². The lowest BCUT2D eigenvalue weighted by Crippen LogP contribution is -2.27. The van der Waals surface area contributed by atoms with E-state index in [4.69, 9.17) is 14.1 Å². The molecule has 0 spiro atoms. The van der Waals surface area contributed by atoms with E-state index in [-0.39, 0.29) is 6.79 Å². The van der Waals surface area contributed by atoms with E-state index in [1.807, 2.05) is 0 Å². The third-order valence-electron chi connectivity index (χ3n) is 2.33. The number of nitrogens with two attached hydrogens (primary N) is 1. The van der Waals surface area contributed by atoms with E-state index in [0.29, 0.717) is 12.4 Å². The average Bonchev–Trinajstić information content (AvgIpc) is 2.87. The van der Waals surface area contributed by atoms with Gasteiger partial charge < -0.3 is 24.9 Å². The van der Waals surface area contributed by atoms with Crippen LogP contribution in [0, 0.1) is 0 Å². The molecule has 2 aliphatic heterocycles. The van der Waals surface area contributed by atoms with Crippen LogP contribution in [0.2, 0.25) is 0 Å². The second-order valence-corrected chi connectivity index (χ2v) is 3.03. The normalized spacial score (nSPS) is 15.8. The lowest BCUT2D eigenvalue weighted by molar-refractivity contribution is 0.172. The summed E-state index contributed by atoms with van der Waals surface area (Å²) >= 11 is 0. The van der Waals surface area contributed by atoms with Gasteiger partial charge >= 0.3 is 7.12 Å². The largest absolute Gasteiger partial charge is 0.491 e. The number of benzene rings is 1. The Morgan fingerprint density at radius 2 is 2.13 bits per heavy atom. The molecule has 15 heavy (non-hydrogen) atoms. The van der Waals surface area contributed by atoms with Crippen LogP contribution in [0.25, 0.3) is 0 Å². The number of hydrogen-bond acceptors (Lipinski definition) is 5. The van der Waals surface area contributed by atoms with Gasteiger partial charge in [0.05, 0.1) is 6.61 Å². The number of ether oxygens (including phenoxy) is 2. The van der Waals surface area contributed by atoms with Crippen molar-refractivity contribution in [1.82, 2.24) is 0 Å². The first-order valence-electron chi connectivity index (χ1n) is 4.65. The Kier molecular flexibility index (Phi) is 2.81. The van der Waals surface area contributed by atoms with E-state index in [0.717, 1.165) is 16.8 Å². The van der Waals surface area contributed by atoms with Crippen LogP contribution >= 0.6 is 0 Å². The van der Waals surface area contributed by atoms with Gasteiger partial charge in [0, 0.05) is 5.56 Å². The third kappa shape index (κ3) is 1.56. The highest BCUT2D eigenvalue weighted by atomic mass is 16.7. The molecular formula is C9H12BNO4. The molecule has 0 unspecified atom stereocenters. The Bertz CT molecular complexity index is 371. The van der Waals surface area contributed by atoms with Crippen LogP contribution in [0.5, 0.6) is 11.5 Å². The van der Waals surface area contributed by atoms with Gasteiger partial charge in [0.25, 0.3) is 0 Å². The average molecular weight is 209 g/mol. The molecule has 5 nitrogen and oxygen atoms in total. The van der Waals surface area contributed by atoms with Gasteiger partial charge in [-0.05, 0) is 18.6 Å². The van der Waals surface area contributed by atoms with Gasteiger partial charge in [-0.1, -0.05) is 6.07 Å². The molecule has 3 N–H and O–H groups in total. The van der Waals surface area contributed by atoms with Crippen molar-refractivity contribution in [2.24, 2.45) is 5.73 Å². The molecule has 0 atom stereocenters. The topological polar surface area (TPSA) is 73.9 Å². The maximum absolute atomic E-state index is 9.39. The van der Waals surface area contributed by atoms with E-state index in [9.17, 15) is 5.02 Å². The first-order valence-corrected chi connectivity index (χ1v) is 4.65. The molecule has 2 heterocycles. The summed E-state index contributed by atoms with van der Waals surface area (Å²) in [5.74, 6) is 1.45. The molecule has 2 aliphatic rings. The van der Waals surface area contributed by atoms with Crippen molar-refractivity contribution in [3.8, 4) is 11.5 Å². The number of fused-ring (bicyclic) bond motifs is 3. The monoisotopic (exact) mass is 209 g/mol. The molecule has 0 bridgehead atoms. The quantitative estimate of drug-likeness (QED) is 0.547. The van der Waals surface area contributed by atoms with Crippen LogP contribution in [0.1, 0.15) is 5.56 Å². The van der Waals surface area contributed by atoms with E-state index < -0.39 is 7.12 Å². The molecule has 0 saturated carbocycles. The minimum Gasteiger partial charge on any atom is -0.454 e. The third-order valence-corrected chi connectivity index (χ3v) is 2.33. The minimum absolute atomic E-state index is 0.252. The SMILES string of the molecule is CN.OB1OCc2c1ccc1c2OCO1. The first kappa shape index (κ1) is 10.3. The first-order chi connectivity index (χ1) is 7.36. The highest BCUT2D eigenvalue weighted by Crippen LogP contribution is 2.36. The molecule has 0 fully saturated rings. The molecule has 1 aromatic rings. The van der Waals surface area contributed by atoms with Crippen LogP contribution in [0.4, 0.5) is 0 Å². The zero-order valence-corrected chi connectivity index (χ0v) is 8.40. The standard InChI is InChI=1S/C8H7BO4.CH5N/c10-9-6-1-2-7-8(12-4-11-7)5(6)3-13-9;1-2/h1-2,10H,3-4H2;2H2,1H3. The van der Waals surface area contributed by atoms with Crippen LogP contribution in [-0.4, -0.2) is 26.0 Å². The van der Waals surface area contributed by atoms with E-state index >= 15 is 0 Å². The van der Waals surface area contributed by atoms with Gasteiger partial charge in [0.2, 0.25) is 6.79 Å². The molecular weight excluding hydrogens is 197 g/mol. The van der Waals surface area contributed by atoms with Gasteiger partial charge in [-0.25, -0.2) is 0 Å². The number of rotatable bonds is 0. The van der Waals surface area contributed by atoms with E-state index in [1.54, 1.807) is 12.1 Å². The summed E-state index contributed by atoms with van der Waals surface area (Å²) in [5.41, 5.74) is 6.19. The summed E-state index contributed by atoms with van der Waals surface area (Å²) < 4.78 is 15.5. The van der Waals surface area contributed by atoms with Gasteiger partial charge in [-0.3, -0.25) is 0 Å². The van der Waals surface area contributed by atoms with Crippen molar-refractivity contribution >= 4 is 12.6 Å². The summed E-state index contributed by atoms with van der Waals surface area (Å²) in [7, 11) is 0.685. The molecule has 0 amide bonds. The van der Waals surface area contributed by atoms with Gasteiger partial charge in [0.15, 0.2) is 11.5 Å². The fourth-order valence-electron chi connectivity index (χ4n) is 1.68. The highest BCUT2D eigenvalue weighted by Gasteiger charge is 2.33.